The molecule has 0 bridgehead atoms. The van der Waals surface area contributed by atoms with Gasteiger partial charge in [0, 0.05) is 29.3 Å². The molecule has 1 amide bonds. The molecular formula is C19H16ClN7O. The van der Waals surface area contributed by atoms with Gasteiger partial charge in [0.05, 0.1) is 5.69 Å². The van der Waals surface area contributed by atoms with Crippen LogP contribution in [-0.2, 0) is 18.4 Å². The van der Waals surface area contributed by atoms with E-state index < -0.39 is 0 Å². The summed E-state index contributed by atoms with van der Waals surface area (Å²) in [7, 11) is 1.76. The molecule has 0 spiro atoms. The lowest BCUT2D eigenvalue weighted by molar-refractivity contribution is -0.117. The molecule has 0 saturated carbocycles. The number of carbonyl (C=O) groups excluding carboxylic acids is 1. The standard InChI is InChI=1S/C19H16ClN7O/c1-26-17(11-16(23-26)13-7-9-15(20)10-8-13)21-18(28)12-27-24-19(22-25-27)14-5-3-2-4-6-14/h2-11H,12H2,1H3,(H,21,28). The van der Waals surface area contributed by atoms with Crippen molar-refractivity contribution in [2.24, 2.45) is 7.05 Å². The summed E-state index contributed by atoms with van der Waals surface area (Å²) in [4.78, 5) is 13.6. The topological polar surface area (TPSA) is 90.5 Å². The predicted molar refractivity (Wildman–Crippen MR) is 106 cm³/mol. The van der Waals surface area contributed by atoms with Gasteiger partial charge in [0.2, 0.25) is 11.7 Å². The lowest BCUT2D eigenvalue weighted by Crippen LogP contribution is -2.21. The summed E-state index contributed by atoms with van der Waals surface area (Å²) < 4.78 is 1.60. The van der Waals surface area contributed by atoms with Gasteiger partial charge in [-0.05, 0) is 17.3 Å². The Kier molecular flexibility index (Phi) is 4.86. The van der Waals surface area contributed by atoms with Gasteiger partial charge in [-0.25, -0.2) is 0 Å². The van der Waals surface area contributed by atoms with Crippen molar-refractivity contribution in [1.82, 2.24) is 30.0 Å². The minimum atomic E-state index is -0.275. The van der Waals surface area contributed by atoms with E-state index in [-0.39, 0.29) is 12.5 Å². The zero-order chi connectivity index (χ0) is 19.5. The number of aromatic nitrogens is 6. The fraction of sp³-hybridized carbons (Fsp3) is 0.105. The van der Waals surface area contributed by atoms with Gasteiger partial charge in [0.1, 0.15) is 12.4 Å². The van der Waals surface area contributed by atoms with E-state index in [2.05, 4.69) is 25.8 Å². The first-order chi connectivity index (χ1) is 13.6. The number of nitrogens with zero attached hydrogens (tertiary/aromatic N) is 6. The molecule has 0 atom stereocenters. The highest BCUT2D eigenvalue weighted by atomic mass is 35.5. The first-order valence-corrected chi connectivity index (χ1v) is 8.89. The second-order valence-corrected chi connectivity index (χ2v) is 6.54. The van der Waals surface area contributed by atoms with Gasteiger partial charge >= 0.3 is 0 Å². The molecule has 9 heteroatoms. The number of hydrogen-bond donors (Lipinski definition) is 1. The number of amides is 1. The summed E-state index contributed by atoms with van der Waals surface area (Å²) in [5.41, 5.74) is 2.49. The number of tetrazole rings is 1. The van der Waals surface area contributed by atoms with Crippen molar-refractivity contribution in [2.45, 2.75) is 6.54 Å². The third kappa shape index (κ3) is 3.91. The highest BCUT2D eigenvalue weighted by Gasteiger charge is 2.13. The number of rotatable bonds is 5. The minimum Gasteiger partial charge on any atom is -0.309 e. The Morgan fingerprint density at radius 1 is 1.04 bits per heavy atom. The van der Waals surface area contributed by atoms with Crippen molar-refractivity contribution in [3.8, 4) is 22.6 Å². The SMILES string of the molecule is Cn1nc(-c2ccc(Cl)cc2)cc1NC(=O)Cn1nnc(-c2ccccc2)n1. The van der Waals surface area contributed by atoms with Crippen LogP contribution in [0.5, 0.6) is 0 Å². The highest BCUT2D eigenvalue weighted by molar-refractivity contribution is 6.30. The average molecular weight is 394 g/mol. The first kappa shape index (κ1) is 17.9. The van der Waals surface area contributed by atoms with Crippen LogP contribution in [0.25, 0.3) is 22.6 Å². The number of aryl methyl sites for hydroxylation is 1. The number of anilines is 1. The van der Waals surface area contributed by atoms with Gasteiger partial charge in [-0.3, -0.25) is 9.48 Å². The average Bonchev–Trinajstić information content (AvgIpc) is 3.30. The van der Waals surface area contributed by atoms with Crippen LogP contribution < -0.4 is 5.32 Å². The third-order valence-electron chi connectivity index (χ3n) is 4.06. The number of carbonyl (C=O) groups is 1. The van der Waals surface area contributed by atoms with Crippen LogP contribution in [0.1, 0.15) is 0 Å². The molecule has 0 unspecified atom stereocenters. The maximum Gasteiger partial charge on any atom is 0.249 e. The predicted octanol–water partition coefficient (Wildman–Crippen LogP) is 3.03. The molecule has 0 aliphatic carbocycles. The Bertz CT molecular complexity index is 1100. The zero-order valence-corrected chi connectivity index (χ0v) is 15.7. The molecule has 140 valence electrons. The summed E-state index contributed by atoms with van der Waals surface area (Å²) in [5, 5.41) is 20.1. The third-order valence-corrected chi connectivity index (χ3v) is 4.31. The Hall–Kier alpha value is -3.52. The van der Waals surface area contributed by atoms with Crippen LogP contribution in [0, 0.1) is 0 Å². The van der Waals surface area contributed by atoms with Crippen molar-refractivity contribution in [1.29, 1.82) is 0 Å². The van der Waals surface area contributed by atoms with Crippen LogP contribution in [0.15, 0.2) is 60.7 Å². The molecule has 0 aliphatic heterocycles. The summed E-state index contributed by atoms with van der Waals surface area (Å²) >= 11 is 5.92. The van der Waals surface area contributed by atoms with Crippen LogP contribution in [-0.4, -0.2) is 35.9 Å². The lowest BCUT2D eigenvalue weighted by atomic mass is 10.1. The van der Waals surface area contributed by atoms with E-state index in [1.165, 1.54) is 4.80 Å². The number of hydrogen-bond acceptors (Lipinski definition) is 5. The molecule has 0 aliphatic rings. The maximum absolute atomic E-state index is 12.4. The fourth-order valence-electron chi connectivity index (χ4n) is 2.67. The Balaban J connectivity index is 1.44. The van der Waals surface area contributed by atoms with Crippen molar-refractivity contribution < 1.29 is 4.79 Å². The molecule has 8 nitrogen and oxygen atoms in total. The second-order valence-electron chi connectivity index (χ2n) is 6.10. The Morgan fingerprint density at radius 3 is 2.54 bits per heavy atom. The van der Waals surface area contributed by atoms with Gasteiger partial charge < -0.3 is 5.32 Å². The zero-order valence-electron chi connectivity index (χ0n) is 15.0. The van der Waals surface area contributed by atoms with Crippen LogP contribution in [0.3, 0.4) is 0 Å². The van der Waals surface area contributed by atoms with E-state index in [1.54, 1.807) is 29.9 Å². The van der Waals surface area contributed by atoms with E-state index >= 15 is 0 Å². The normalized spacial score (nSPS) is 10.8. The monoisotopic (exact) mass is 393 g/mol. The van der Waals surface area contributed by atoms with Crippen LogP contribution >= 0.6 is 11.6 Å². The smallest absolute Gasteiger partial charge is 0.249 e. The molecule has 4 aromatic rings. The summed E-state index contributed by atoms with van der Waals surface area (Å²) in [6.45, 7) is -0.0543. The van der Waals surface area contributed by atoms with Gasteiger partial charge in [-0.1, -0.05) is 54.1 Å². The van der Waals surface area contributed by atoms with E-state index in [0.29, 0.717) is 16.7 Å². The van der Waals surface area contributed by atoms with E-state index in [9.17, 15) is 4.79 Å². The molecule has 0 radical (unpaired) electrons. The van der Waals surface area contributed by atoms with Crippen molar-refractivity contribution >= 4 is 23.3 Å². The molecule has 2 heterocycles. The van der Waals surface area contributed by atoms with E-state index in [0.717, 1.165) is 16.8 Å². The summed E-state index contributed by atoms with van der Waals surface area (Å²) in [6, 6.07) is 18.6. The molecule has 2 aromatic heterocycles. The number of halogens is 1. The fourth-order valence-corrected chi connectivity index (χ4v) is 2.80. The van der Waals surface area contributed by atoms with Gasteiger partial charge in [0.15, 0.2) is 0 Å². The largest absolute Gasteiger partial charge is 0.309 e. The summed E-state index contributed by atoms with van der Waals surface area (Å²) in [5.74, 6) is 0.764. The Morgan fingerprint density at radius 2 is 1.79 bits per heavy atom. The van der Waals surface area contributed by atoms with E-state index in [1.807, 2.05) is 42.5 Å². The van der Waals surface area contributed by atoms with E-state index in [4.69, 9.17) is 11.6 Å². The van der Waals surface area contributed by atoms with Crippen LogP contribution in [0.4, 0.5) is 5.82 Å². The van der Waals surface area contributed by atoms with Gasteiger partial charge in [-0.15, -0.1) is 10.2 Å². The lowest BCUT2D eigenvalue weighted by Gasteiger charge is -2.03. The van der Waals surface area contributed by atoms with Crippen LogP contribution in [0.2, 0.25) is 5.02 Å². The minimum absolute atomic E-state index is 0.0543. The highest BCUT2D eigenvalue weighted by Crippen LogP contribution is 2.23. The molecule has 2 aromatic carbocycles. The van der Waals surface area contributed by atoms with Crippen molar-refractivity contribution in [3.63, 3.8) is 0 Å². The Labute approximate surface area is 165 Å². The number of nitrogens with one attached hydrogen (secondary N) is 1. The molecule has 0 saturated heterocycles. The van der Waals surface area contributed by atoms with Crippen molar-refractivity contribution in [2.75, 3.05) is 5.32 Å². The summed E-state index contributed by atoms with van der Waals surface area (Å²) in [6.07, 6.45) is 0. The molecule has 1 N–H and O–H groups in total. The van der Waals surface area contributed by atoms with Crippen molar-refractivity contribution in [3.05, 3.63) is 65.7 Å². The molecular weight excluding hydrogens is 378 g/mol. The molecule has 4 rings (SSSR count). The molecule has 28 heavy (non-hydrogen) atoms. The van der Waals surface area contributed by atoms with Gasteiger partial charge in [-0.2, -0.15) is 9.90 Å². The quantitative estimate of drug-likeness (QED) is 0.562. The molecule has 0 fully saturated rings. The maximum atomic E-state index is 12.4. The van der Waals surface area contributed by atoms with Gasteiger partial charge in [0.25, 0.3) is 0 Å². The second kappa shape index (κ2) is 7.61. The number of benzene rings is 2. The first-order valence-electron chi connectivity index (χ1n) is 8.51.